The lowest BCUT2D eigenvalue weighted by Crippen LogP contribution is -2.32. The number of hydrogen-bond donors (Lipinski definition) is 0. The third-order valence-corrected chi connectivity index (χ3v) is 4.02. The van der Waals surface area contributed by atoms with Crippen molar-refractivity contribution >= 4 is 17.2 Å². The van der Waals surface area contributed by atoms with Gasteiger partial charge in [-0.25, -0.2) is 5.06 Å². The molecule has 0 aliphatic rings. The topological polar surface area (TPSA) is 64.5 Å². The molecule has 0 aliphatic carbocycles. The smallest absolute Gasteiger partial charge is 0.279 e. The van der Waals surface area contributed by atoms with Crippen LogP contribution in [0.3, 0.4) is 0 Å². The number of rotatable bonds is 6. The van der Waals surface area contributed by atoms with E-state index in [9.17, 15) is 4.79 Å². The van der Waals surface area contributed by atoms with Gasteiger partial charge in [0.1, 0.15) is 10.0 Å². The Morgan fingerprint density at radius 3 is 2.50 bits per heavy atom. The molecule has 1 amide bonds. The number of likely N-dealkylation sites (N-methyl/N-ethyl adjacent to an activating group) is 1. The van der Waals surface area contributed by atoms with Crippen LogP contribution in [0.15, 0.2) is 24.3 Å². The molecule has 22 heavy (non-hydrogen) atoms. The van der Waals surface area contributed by atoms with Crippen LogP contribution in [0.25, 0.3) is 10.6 Å². The molecule has 1 heterocycles. The van der Waals surface area contributed by atoms with Crippen LogP contribution in [0.4, 0.5) is 0 Å². The summed E-state index contributed by atoms with van der Waals surface area (Å²) in [7, 11) is 3.01. The second-order valence-corrected chi connectivity index (χ2v) is 5.78. The van der Waals surface area contributed by atoms with Crippen molar-refractivity contribution in [3.63, 3.8) is 0 Å². The van der Waals surface area contributed by atoms with Gasteiger partial charge in [-0.2, -0.15) is 0 Å². The molecule has 0 saturated heterocycles. The Bertz CT molecular complexity index is 627. The van der Waals surface area contributed by atoms with Gasteiger partial charge in [0.2, 0.25) is 0 Å². The van der Waals surface area contributed by atoms with Crippen molar-refractivity contribution in [3.8, 4) is 10.6 Å². The number of benzene rings is 1. The fourth-order valence-electron chi connectivity index (χ4n) is 1.95. The van der Waals surface area contributed by atoms with Gasteiger partial charge in [0.05, 0.1) is 7.11 Å². The molecule has 7 heteroatoms. The van der Waals surface area contributed by atoms with Crippen LogP contribution >= 0.6 is 11.3 Å². The number of amides is 1. The molecule has 118 valence electrons. The van der Waals surface area contributed by atoms with Gasteiger partial charge in [-0.3, -0.25) is 9.63 Å². The Morgan fingerprint density at radius 2 is 2.00 bits per heavy atom. The summed E-state index contributed by atoms with van der Waals surface area (Å²) in [6.07, 6.45) is -0.680. The van der Waals surface area contributed by atoms with E-state index < -0.39 is 6.10 Å². The van der Waals surface area contributed by atoms with Crippen molar-refractivity contribution in [2.24, 2.45) is 0 Å². The van der Waals surface area contributed by atoms with E-state index in [0.29, 0.717) is 6.61 Å². The minimum Gasteiger partial charge on any atom is -0.364 e. The first-order valence-corrected chi connectivity index (χ1v) is 7.72. The quantitative estimate of drug-likeness (QED) is 0.765. The first-order chi connectivity index (χ1) is 10.6. The summed E-state index contributed by atoms with van der Waals surface area (Å²) in [5, 5.41) is 11.1. The molecule has 1 unspecified atom stereocenters. The average molecular weight is 321 g/mol. The Hall–Kier alpha value is -1.83. The van der Waals surface area contributed by atoms with E-state index in [1.807, 2.05) is 38.1 Å². The summed E-state index contributed by atoms with van der Waals surface area (Å²) in [5.74, 6) is -0.246. The minimum atomic E-state index is -0.680. The fourth-order valence-corrected chi connectivity index (χ4v) is 2.64. The highest BCUT2D eigenvalue weighted by molar-refractivity contribution is 7.14. The molecular weight excluding hydrogens is 302 g/mol. The second kappa shape index (κ2) is 7.44. The van der Waals surface area contributed by atoms with Gasteiger partial charge in [-0.15, -0.1) is 10.2 Å². The SMILES string of the molecule is CCOC(C(=O)N(C)OC)c1ccc(-c2nnc(C)s2)cc1. The van der Waals surface area contributed by atoms with Gasteiger partial charge in [-0.05, 0) is 19.4 Å². The molecule has 1 aromatic carbocycles. The first-order valence-electron chi connectivity index (χ1n) is 6.90. The summed E-state index contributed by atoms with van der Waals surface area (Å²) in [4.78, 5) is 17.2. The van der Waals surface area contributed by atoms with Crippen molar-refractivity contribution in [1.82, 2.24) is 15.3 Å². The van der Waals surface area contributed by atoms with Crippen molar-refractivity contribution in [2.45, 2.75) is 20.0 Å². The molecule has 6 nitrogen and oxygen atoms in total. The Labute approximate surface area is 133 Å². The lowest BCUT2D eigenvalue weighted by molar-refractivity contribution is -0.181. The van der Waals surface area contributed by atoms with Crippen LogP contribution in [0.1, 0.15) is 23.6 Å². The van der Waals surface area contributed by atoms with Gasteiger partial charge in [0.15, 0.2) is 6.10 Å². The van der Waals surface area contributed by atoms with Crippen LogP contribution in [0.2, 0.25) is 0 Å². The van der Waals surface area contributed by atoms with E-state index in [1.54, 1.807) is 7.05 Å². The highest BCUT2D eigenvalue weighted by atomic mass is 32.1. The number of hydroxylamine groups is 2. The molecule has 0 fully saturated rings. The summed E-state index contributed by atoms with van der Waals surface area (Å²) in [6, 6.07) is 7.57. The maximum Gasteiger partial charge on any atom is 0.279 e. The van der Waals surface area contributed by atoms with Crippen molar-refractivity contribution in [2.75, 3.05) is 20.8 Å². The van der Waals surface area contributed by atoms with Gasteiger partial charge >= 0.3 is 0 Å². The van der Waals surface area contributed by atoms with Crippen molar-refractivity contribution in [1.29, 1.82) is 0 Å². The number of carbonyl (C=O) groups excluding carboxylic acids is 1. The van der Waals surface area contributed by atoms with E-state index >= 15 is 0 Å². The molecule has 0 aliphatic heterocycles. The average Bonchev–Trinajstić information content (AvgIpc) is 2.98. The second-order valence-electron chi connectivity index (χ2n) is 4.60. The van der Waals surface area contributed by atoms with E-state index in [-0.39, 0.29) is 5.91 Å². The molecule has 1 atom stereocenters. The molecule has 0 spiro atoms. The van der Waals surface area contributed by atoms with E-state index in [0.717, 1.165) is 21.1 Å². The molecule has 1 aromatic heterocycles. The highest BCUT2D eigenvalue weighted by Crippen LogP contribution is 2.26. The van der Waals surface area contributed by atoms with Crippen LogP contribution in [-0.2, 0) is 14.4 Å². The van der Waals surface area contributed by atoms with E-state index in [1.165, 1.54) is 23.5 Å². The van der Waals surface area contributed by atoms with Crippen molar-refractivity contribution < 1.29 is 14.4 Å². The predicted molar refractivity (Wildman–Crippen MR) is 84.2 cm³/mol. The third-order valence-electron chi connectivity index (χ3n) is 3.13. The third kappa shape index (κ3) is 3.68. The summed E-state index contributed by atoms with van der Waals surface area (Å²) in [6.45, 7) is 4.21. The Kier molecular flexibility index (Phi) is 5.59. The molecule has 2 rings (SSSR count). The predicted octanol–water partition coefficient (Wildman–Crippen LogP) is 2.61. The number of carbonyl (C=O) groups is 1. The number of ether oxygens (including phenoxy) is 1. The van der Waals surface area contributed by atoms with E-state index in [2.05, 4.69) is 10.2 Å². The monoisotopic (exact) mass is 321 g/mol. The lowest BCUT2D eigenvalue weighted by Gasteiger charge is -2.22. The molecule has 0 bridgehead atoms. The molecule has 0 N–H and O–H groups in total. The number of nitrogens with zero attached hydrogens (tertiary/aromatic N) is 3. The zero-order valence-corrected chi connectivity index (χ0v) is 13.9. The summed E-state index contributed by atoms with van der Waals surface area (Å²) < 4.78 is 5.57. The minimum absolute atomic E-state index is 0.246. The van der Waals surface area contributed by atoms with Gasteiger partial charge in [-0.1, -0.05) is 35.6 Å². The lowest BCUT2D eigenvalue weighted by atomic mass is 10.1. The molecule has 2 aromatic rings. The Balaban J connectivity index is 2.24. The normalized spacial score (nSPS) is 12.2. The molecule has 0 radical (unpaired) electrons. The molecular formula is C15H19N3O3S. The largest absolute Gasteiger partial charge is 0.364 e. The highest BCUT2D eigenvalue weighted by Gasteiger charge is 2.24. The fraction of sp³-hybridized carbons (Fsp3) is 0.400. The van der Waals surface area contributed by atoms with Crippen LogP contribution < -0.4 is 0 Å². The zero-order chi connectivity index (χ0) is 16.1. The first kappa shape index (κ1) is 16.5. The maximum absolute atomic E-state index is 12.3. The van der Waals surface area contributed by atoms with Crippen LogP contribution in [0.5, 0.6) is 0 Å². The number of aryl methyl sites for hydroxylation is 1. The molecule has 0 saturated carbocycles. The number of hydrogen-bond acceptors (Lipinski definition) is 6. The van der Waals surface area contributed by atoms with Crippen LogP contribution in [-0.4, -0.2) is 41.9 Å². The Morgan fingerprint density at radius 1 is 1.32 bits per heavy atom. The maximum atomic E-state index is 12.3. The van der Waals surface area contributed by atoms with Gasteiger partial charge in [0.25, 0.3) is 5.91 Å². The number of aromatic nitrogens is 2. The standard InChI is InChI=1S/C15H19N3O3S/c1-5-21-13(15(19)18(3)20-4)11-6-8-12(9-7-11)14-17-16-10(2)22-14/h6-9,13H,5H2,1-4H3. The van der Waals surface area contributed by atoms with Gasteiger partial charge in [0, 0.05) is 19.2 Å². The van der Waals surface area contributed by atoms with Gasteiger partial charge < -0.3 is 4.74 Å². The van der Waals surface area contributed by atoms with Crippen LogP contribution in [0, 0.1) is 6.92 Å². The van der Waals surface area contributed by atoms with Crippen molar-refractivity contribution in [3.05, 3.63) is 34.8 Å². The van der Waals surface area contributed by atoms with E-state index in [4.69, 9.17) is 9.57 Å². The summed E-state index contributed by atoms with van der Waals surface area (Å²) in [5.41, 5.74) is 1.75. The summed E-state index contributed by atoms with van der Waals surface area (Å²) >= 11 is 1.53. The zero-order valence-electron chi connectivity index (χ0n) is 13.1.